The third-order valence-corrected chi connectivity index (χ3v) is 7.32. The summed E-state index contributed by atoms with van der Waals surface area (Å²) in [6, 6.07) is 7.85. The molecule has 0 spiro atoms. The summed E-state index contributed by atoms with van der Waals surface area (Å²) < 4.78 is 0. The van der Waals surface area contributed by atoms with Gasteiger partial charge in [0.05, 0.1) is 0 Å². The predicted octanol–water partition coefficient (Wildman–Crippen LogP) is 7.73. The van der Waals surface area contributed by atoms with Crippen LogP contribution in [0.2, 0.25) is 0 Å². The number of carboxylic acids is 1. The third kappa shape index (κ3) is 8.09. The summed E-state index contributed by atoms with van der Waals surface area (Å²) in [4.78, 5) is 24.9. The number of carbonyl (C=O) groups is 2. The second-order valence-electron chi connectivity index (χ2n) is 15.2. The number of aromatic hydroxyl groups is 2. The van der Waals surface area contributed by atoms with Gasteiger partial charge in [0.1, 0.15) is 23.7 Å². The molecule has 0 amide bonds. The Hall–Kier alpha value is -2.82. The van der Waals surface area contributed by atoms with Crippen LogP contribution >= 0.6 is 0 Å². The Balaban J connectivity index is 2.71. The highest BCUT2D eigenvalue weighted by atomic mass is 16.4. The number of aliphatic carboxylic acids is 1. The van der Waals surface area contributed by atoms with E-state index in [1.807, 2.05) is 107 Å². The van der Waals surface area contributed by atoms with E-state index in [0.717, 1.165) is 33.4 Å². The molecule has 5 nitrogen and oxygen atoms in total. The molecule has 0 radical (unpaired) electrons. The Morgan fingerprint density at radius 2 is 0.846 bits per heavy atom. The topological polar surface area (TPSA) is 94.8 Å². The molecule has 0 bridgehead atoms. The molecule has 0 saturated carbocycles. The van der Waals surface area contributed by atoms with E-state index in [0.29, 0.717) is 12.8 Å². The van der Waals surface area contributed by atoms with E-state index < -0.39 is 18.3 Å². The first-order valence-electron chi connectivity index (χ1n) is 13.9. The van der Waals surface area contributed by atoms with Gasteiger partial charge in [-0.15, -0.1) is 0 Å². The zero-order valence-electron chi connectivity index (χ0n) is 26.2. The average molecular weight is 539 g/mol. The van der Waals surface area contributed by atoms with Crippen molar-refractivity contribution in [3.8, 4) is 11.5 Å². The first kappa shape index (κ1) is 32.4. The number of ketones is 1. The van der Waals surface area contributed by atoms with Gasteiger partial charge in [0.15, 0.2) is 0 Å². The van der Waals surface area contributed by atoms with E-state index in [9.17, 15) is 24.9 Å². The summed E-state index contributed by atoms with van der Waals surface area (Å²) in [5, 5.41) is 31.8. The summed E-state index contributed by atoms with van der Waals surface area (Å²) >= 11 is 0. The van der Waals surface area contributed by atoms with Crippen molar-refractivity contribution < 1.29 is 24.9 Å². The summed E-state index contributed by atoms with van der Waals surface area (Å²) in [7, 11) is 0. The molecule has 0 atom stereocenters. The molecule has 0 saturated heterocycles. The number of phenolic OH excluding ortho intramolecular Hbond substituents is 2. The molecule has 0 fully saturated rings. The lowest BCUT2D eigenvalue weighted by Crippen LogP contribution is -2.24. The van der Waals surface area contributed by atoms with Crippen molar-refractivity contribution in [2.24, 2.45) is 5.92 Å². The van der Waals surface area contributed by atoms with Gasteiger partial charge in [0, 0.05) is 5.92 Å². The maximum Gasteiger partial charge on any atom is 0.310 e. The smallest absolute Gasteiger partial charge is 0.310 e. The highest BCUT2D eigenvalue weighted by Crippen LogP contribution is 2.42. The van der Waals surface area contributed by atoms with Crippen LogP contribution in [0.15, 0.2) is 24.3 Å². The van der Waals surface area contributed by atoms with Crippen molar-refractivity contribution in [2.45, 2.75) is 124 Å². The van der Waals surface area contributed by atoms with Gasteiger partial charge in [-0.3, -0.25) is 9.59 Å². The molecular formula is C34H50O5. The molecule has 0 aromatic heterocycles. The predicted molar refractivity (Wildman–Crippen MR) is 159 cm³/mol. The van der Waals surface area contributed by atoms with Crippen LogP contribution < -0.4 is 0 Å². The van der Waals surface area contributed by atoms with Crippen LogP contribution in [0.3, 0.4) is 0 Å². The van der Waals surface area contributed by atoms with Crippen molar-refractivity contribution in [2.75, 3.05) is 0 Å². The highest BCUT2D eigenvalue weighted by Gasteiger charge is 2.31. The molecule has 39 heavy (non-hydrogen) atoms. The van der Waals surface area contributed by atoms with Crippen molar-refractivity contribution in [3.05, 3.63) is 57.6 Å². The van der Waals surface area contributed by atoms with Crippen LogP contribution in [0.5, 0.6) is 11.5 Å². The maximum atomic E-state index is 13.3. The number of rotatable bonds is 7. The minimum absolute atomic E-state index is 0.273. The number of hydrogen-bond acceptors (Lipinski definition) is 4. The Kier molecular flexibility index (Phi) is 9.12. The number of phenols is 2. The van der Waals surface area contributed by atoms with Crippen molar-refractivity contribution in [1.82, 2.24) is 0 Å². The fourth-order valence-corrected chi connectivity index (χ4v) is 5.07. The fraction of sp³-hybridized carbons (Fsp3) is 0.588. The molecule has 2 aromatic carbocycles. The molecule has 0 aliphatic carbocycles. The minimum atomic E-state index is -1.14. The van der Waals surface area contributed by atoms with Gasteiger partial charge in [0.25, 0.3) is 0 Å². The van der Waals surface area contributed by atoms with Gasteiger partial charge in [-0.2, -0.15) is 0 Å². The second kappa shape index (κ2) is 11.0. The first-order chi connectivity index (χ1) is 17.4. The zero-order valence-corrected chi connectivity index (χ0v) is 26.2. The number of Topliss-reactive ketones (excluding diaryl/α,β-unsaturated/α-hetero) is 1. The monoisotopic (exact) mass is 538 g/mol. The van der Waals surface area contributed by atoms with E-state index in [1.165, 1.54) is 0 Å². The highest BCUT2D eigenvalue weighted by molar-refractivity contribution is 5.96. The molecule has 2 aromatic rings. The maximum absolute atomic E-state index is 13.3. The van der Waals surface area contributed by atoms with Crippen LogP contribution in [0, 0.1) is 5.92 Å². The normalized spacial score (nSPS) is 13.2. The molecule has 0 heterocycles. The van der Waals surface area contributed by atoms with E-state index >= 15 is 0 Å². The van der Waals surface area contributed by atoms with Gasteiger partial charge in [-0.25, -0.2) is 0 Å². The first-order valence-corrected chi connectivity index (χ1v) is 13.9. The van der Waals surface area contributed by atoms with Crippen LogP contribution in [0.4, 0.5) is 0 Å². The van der Waals surface area contributed by atoms with Crippen LogP contribution in [0.25, 0.3) is 0 Å². The van der Waals surface area contributed by atoms with Crippen molar-refractivity contribution >= 4 is 11.8 Å². The molecule has 0 unspecified atom stereocenters. The second-order valence-corrected chi connectivity index (χ2v) is 15.2. The summed E-state index contributed by atoms with van der Waals surface area (Å²) in [6.07, 6.45) is 0.168. The molecule has 2 rings (SSSR count). The Bertz CT molecular complexity index is 1070. The molecule has 216 valence electrons. The number of hydrogen-bond donors (Lipinski definition) is 3. The van der Waals surface area contributed by atoms with Crippen LogP contribution in [-0.4, -0.2) is 27.1 Å². The lowest BCUT2D eigenvalue weighted by molar-refractivity contribution is -0.141. The standard InChI is InChI=1S/C34H50O5/c1-31(2,3)23-15-20(16-24(29(23)38)32(4,5)6)13-22(27(35)19-28(36)37)14-21-17-25(33(7,8)9)30(39)26(18-21)34(10,11)12/h15-18,22,38-39H,13-14,19H2,1-12H3,(H,36,37). The van der Waals surface area contributed by atoms with Crippen molar-refractivity contribution in [3.63, 3.8) is 0 Å². The quantitative estimate of drug-likeness (QED) is 0.314. The van der Waals surface area contributed by atoms with Gasteiger partial charge < -0.3 is 15.3 Å². The van der Waals surface area contributed by atoms with E-state index in [-0.39, 0.29) is 38.9 Å². The van der Waals surface area contributed by atoms with Gasteiger partial charge >= 0.3 is 5.97 Å². The molecular weight excluding hydrogens is 488 g/mol. The van der Waals surface area contributed by atoms with E-state index in [4.69, 9.17) is 0 Å². The molecule has 0 aliphatic rings. The number of benzene rings is 2. The molecule has 3 N–H and O–H groups in total. The summed E-state index contributed by atoms with van der Waals surface area (Å²) in [5.41, 5.74) is 3.76. The molecule has 0 aliphatic heterocycles. The van der Waals surface area contributed by atoms with Crippen LogP contribution in [-0.2, 0) is 44.1 Å². The van der Waals surface area contributed by atoms with E-state index in [2.05, 4.69) is 0 Å². The zero-order chi connectivity index (χ0) is 30.3. The third-order valence-electron chi connectivity index (χ3n) is 7.32. The lowest BCUT2D eigenvalue weighted by Gasteiger charge is -2.30. The number of carbonyl (C=O) groups excluding carboxylic acids is 1. The Labute approximate surface area is 235 Å². The average Bonchev–Trinajstić information content (AvgIpc) is 2.71. The summed E-state index contributed by atoms with van der Waals surface area (Å²) in [5.74, 6) is -1.49. The Morgan fingerprint density at radius 1 is 0.590 bits per heavy atom. The van der Waals surface area contributed by atoms with E-state index in [1.54, 1.807) is 0 Å². The largest absolute Gasteiger partial charge is 0.507 e. The summed E-state index contributed by atoms with van der Waals surface area (Å²) in [6.45, 7) is 24.5. The molecule has 5 heteroatoms. The SMILES string of the molecule is CC(C)(C)c1cc(CC(Cc2cc(C(C)(C)C)c(O)c(C(C)(C)C)c2)C(=O)CC(=O)O)cc(C(C)(C)C)c1O. The van der Waals surface area contributed by atoms with Crippen molar-refractivity contribution in [1.29, 1.82) is 0 Å². The Morgan fingerprint density at radius 3 is 1.05 bits per heavy atom. The minimum Gasteiger partial charge on any atom is -0.507 e. The van der Waals surface area contributed by atoms with Gasteiger partial charge in [0.2, 0.25) is 0 Å². The van der Waals surface area contributed by atoms with Crippen LogP contribution in [0.1, 0.15) is 123 Å². The van der Waals surface area contributed by atoms with Gasteiger partial charge in [-0.05, 0) is 67.9 Å². The fourth-order valence-electron chi connectivity index (χ4n) is 5.07. The number of carboxylic acid groups (broad SMARTS) is 1. The van der Waals surface area contributed by atoms with Gasteiger partial charge in [-0.1, -0.05) is 107 Å². The lowest BCUT2D eigenvalue weighted by atomic mass is 9.76.